The van der Waals surface area contributed by atoms with Crippen LogP contribution >= 0.6 is 0 Å². The molecular weight excluding hydrogens is 1650 g/mol. The minimum atomic E-state index is -2.41. The molecule has 4 aromatic heterocycles. The molecular formula is C128H122N4Si2. The molecule has 0 bridgehead atoms. The van der Waals surface area contributed by atoms with Crippen LogP contribution in [-0.2, 0) is 27.2 Å². The number of benzene rings is 18. The molecule has 0 aliphatic carbocycles. The molecule has 18 aromatic carbocycles. The number of para-hydroxylation sites is 8. The molecule has 22 aromatic rings. The van der Waals surface area contributed by atoms with Crippen molar-refractivity contribution in [3.8, 4) is 17.1 Å². The molecule has 0 unspecified atom stereocenters. The normalized spacial score (nSPS) is 12.1. The molecule has 22 rings (SSSR count). The molecule has 662 valence electrons. The summed E-state index contributed by atoms with van der Waals surface area (Å²) in [7, 11) is -4.79. The number of nitrogens with zero attached hydrogens (tertiary/aromatic N) is 4. The largest absolute Gasteiger partial charge is 0.333 e. The zero-order chi connectivity index (χ0) is 93.2. The summed E-state index contributed by atoms with van der Waals surface area (Å²) in [6.07, 6.45) is 0. The highest BCUT2D eigenvalue weighted by atomic mass is 28.3. The quantitative estimate of drug-likeness (QED) is 0.0908. The molecule has 0 spiro atoms. The Labute approximate surface area is 794 Å². The Morgan fingerprint density at radius 3 is 0.731 bits per heavy atom. The summed E-state index contributed by atoms with van der Waals surface area (Å²) < 4.78 is 9.68. The maximum atomic E-state index is 2.51. The van der Waals surface area contributed by atoms with E-state index in [0.29, 0.717) is 0 Å². The Morgan fingerprint density at radius 2 is 0.403 bits per heavy atom. The van der Waals surface area contributed by atoms with Crippen LogP contribution in [0.5, 0.6) is 0 Å². The molecule has 134 heavy (non-hydrogen) atoms. The fraction of sp³-hybridized carbons (Fsp3) is 0.156. The summed E-state index contributed by atoms with van der Waals surface area (Å²) in [5.41, 5.74) is 19.8. The van der Waals surface area contributed by atoms with Gasteiger partial charge >= 0.3 is 0 Å². The molecule has 0 atom stereocenters. The summed E-state index contributed by atoms with van der Waals surface area (Å²) in [6.45, 7) is 34.1. The van der Waals surface area contributed by atoms with Crippen LogP contribution < -0.4 is 41.5 Å². The first-order chi connectivity index (χ1) is 64.7. The minimum absolute atomic E-state index is 0.0454. The lowest BCUT2D eigenvalue weighted by Gasteiger charge is -2.35. The van der Waals surface area contributed by atoms with Crippen molar-refractivity contribution in [3.05, 3.63) is 489 Å². The second-order valence-electron chi connectivity index (χ2n) is 40.8. The third-order valence-electron chi connectivity index (χ3n) is 26.9. The number of hydrogen-bond acceptors (Lipinski definition) is 0. The molecule has 0 radical (unpaired) electrons. The summed E-state index contributed by atoms with van der Waals surface area (Å²) >= 11 is 0. The second kappa shape index (κ2) is 37.3. The van der Waals surface area contributed by atoms with Gasteiger partial charge in [0.1, 0.15) is 0 Å². The van der Waals surface area contributed by atoms with Crippen LogP contribution in [0.25, 0.3) is 104 Å². The van der Waals surface area contributed by atoms with E-state index in [1.54, 1.807) is 0 Å². The van der Waals surface area contributed by atoms with E-state index in [1.807, 2.05) is 0 Å². The van der Waals surface area contributed by atoms with Gasteiger partial charge in [0, 0.05) is 65.5 Å². The second-order valence-corrected chi connectivity index (χ2v) is 48.4. The lowest BCUT2D eigenvalue weighted by atomic mass is 9.87. The molecule has 0 saturated heterocycles. The molecule has 4 heterocycles. The van der Waals surface area contributed by atoms with Crippen LogP contribution in [0, 0.1) is 0 Å². The first-order valence-electron chi connectivity index (χ1n) is 47.5. The predicted octanol–water partition coefficient (Wildman–Crippen LogP) is 28.5. The SMILES string of the molecule is CC(C)(C)c1ccc(-n2c3ccccc3c3ccccc32)cc1.CC(C)(C)c1ccc([Si](c2ccccc2)(c2ccccc2)c2ccccc2)cc1.CC(C)(C)c1cccc(-n2c3ccccc3c3ccccc32)c1.CC(C)(C)c1cccc([Si](c2ccccc2)(c2ccccc2)c2ccccc2)c1.CC(C)(C)n1c2ccccc2c2cccc(-n3c4ccccc4c4ccccc43)c21. The first kappa shape index (κ1) is 90.2. The van der Waals surface area contributed by atoms with Gasteiger partial charge in [0.2, 0.25) is 0 Å². The van der Waals surface area contributed by atoms with Gasteiger partial charge in [-0.15, -0.1) is 0 Å². The Morgan fingerprint density at radius 1 is 0.164 bits per heavy atom. The molecule has 0 amide bonds. The molecule has 0 aliphatic heterocycles. The molecule has 4 nitrogen and oxygen atoms in total. The average molecular weight is 1770 g/mol. The summed E-state index contributed by atoms with van der Waals surface area (Å²) in [5.74, 6) is 0. The Kier molecular flexibility index (Phi) is 25.1. The van der Waals surface area contributed by atoms with Crippen LogP contribution in [0.2, 0.25) is 0 Å². The summed E-state index contributed by atoms with van der Waals surface area (Å²) in [5, 5.41) is 21.8. The standard InChI is InChI=1S/C28H24N2.2C28H28Si.2C22H21N/c1-28(2,3)30-25-17-9-6-13-21(25)22-14-10-18-26(27(22)30)29-23-15-7-4-11-19(23)20-12-5-8-16-24(20)29;1-28(2,3)23-14-13-21-27(22-23)29(24-15-7-4-8-16-24,25-17-9-5-10-18-25)26-19-11-6-12-20-26;1-28(2,3)23-19-21-27(22-20-23)29(24-13-7-4-8-14-24,25-15-9-5-10-16-25)26-17-11-6-12-18-26;1-22(2,3)16-9-8-10-17(15-16)23-20-13-6-4-11-18(20)19-12-5-7-14-21(19)23;1-22(2,3)16-12-14-17(15-13-16)23-20-10-6-4-8-18(20)19-9-5-7-11-21(19)23/h4-18H,1-3H3;2*4-22H,1-3H3;2*4-15H,1-3H3. The molecule has 0 saturated carbocycles. The van der Waals surface area contributed by atoms with Gasteiger partial charge in [0.25, 0.3) is 0 Å². The lowest BCUT2D eigenvalue weighted by Crippen LogP contribution is -2.74. The van der Waals surface area contributed by atoms with Crippen molar-refractivity contribution in [2.75, 3.05) is 0 Å². The van der Waals surface area contributed by atoms with E-state index in [9.17, 15) is 0 Å². The Hall–Kier alpha value is -14.4. The maximum Gasteiger partial charge on any atom is 0.179 e. The smallest absolute Gasteiger partial charge is 0.179 e. The van der Waals surface area contributed by atoms with Crippen LogP contribution in [-0.4, -0.2) is 34.4 Å². The fourth-order valence-electron chi connectivity index (χ4n) is 20.3. The van der Waals surface area contributed by atoms with E-state index in [-0.39, 0.29) is 27.2 Å². The fourth-order valence-corrected chi connectivity index (χ4v) is 29.8. The number of aromatic nitrogens is 4. The van der Waals surface area contributed by atoms with Gasteiger partial charge in [0.05, 0.1) is 44.3 Å². The minimum Gasteiger partial charge on any atom is -0.333 e. The van der Waals surface area contributed by atoms with E-state index < -0.39 is 16.1 Å². The highest BCUT2D eigenvalue weighted by Gasteiger charge is 2.43. The number of hydrogen-bond donors (Lipinski definition) is 0. The average Bonchev–Trinajstić information content (AvgIpc) is 1.46. The zero-order valence-electron chi connectivity index (χ0n) is 80.2. The molecule has 0 fully saturated rings. The third kappa shape index (κ3) is 17.5. The highest BCUT2D eigenvalue weighted by Crippen LogP contribution is 2.42. The van der Waals surface area contributed by atoms with Gasteiger partial charge in [0.15, 0.2) is 16.1 Å². The summed E-state index contributed by atoms with van der Waals surface area (Å²) in [6, 6.07) is 171. The van der Waals surface area contributed by atoms with Crippen molar-refractivity contribution < 1.29 is 0 Å². The Bertz CT molecular complexity index is 7470. The highest BCUT2D eigenvalue weighted by molar-refractivity contribution is 7.20. The Balaban J connectivity index is 0.000000112. The van der Waals surface area contributed by atoms with Crippen molar-refractivity contribution in [2.24, 2.45) is 0 Å². The monoisotopic (exact) mass is 1770 g/mol. The van der Waals surface area contributed by atoms with Crippen LogP contribution in [0.1, 0.15) is 126 Å². The maximum absolute atomic E-state index is 2.51. The zero-order valence-corrected chi connectivity index (χ0v) is 82.2. The third-order valence-corrected chi connectivity index (χ3v) is 36.4. The van der Waals surface area contributed by atoms with E-state index in [1.165, 1.54) is 168 Å². The van der Waals surface area contributed by atoms with Crippen molar-refractivity contribution in [2.45, 2.75) is 131 Å². The van der Waals surface area contributed by atoms with E-state index in [4.69, 9.17) is 0 Å². The topological polar surface area (TPSA) is 19.7 Å². The van der Waals surface area contributed by atoms with E-state index >= 15 is 0 Å². The number of fused-ring (bicyclic) bond motifs is 12. The van der Waals surface area contributed by atoms with E-state index in [2.05, 4.69) is 589 Å². The predicted molar refractivity (Wildman–Crippen MR) is 585 cm³/mol. The van der Waals surface area contributed by atoms with Gasteiger partial charge in [-0.25, -0.2) is 0 Å². The molecule has 6 heteroatoms. The molecule has 0 N–H and O–H groups in total. The first-order valence-corrected chi connectivity index (χ1v) is 51.5. The van der Waals surface area contributed by atoms with Crippen molar-refractivity contribution in [1.82, 2.24) is 18.3 Å². The number of rotatable bonds is 11. The summed E-state index contributed by atoms with van der Waals surface area (Å²) in [4.78, 5) is 0. The van der Waals surface area contributed by atoms with Gasteiger partial charge in [-0.2, -0.15) is 0 Å². The lowest BCUT2D eigenvalue weighted by molar-refractivity contribution is 0.423. The van der Waals surface area contributed by atoms with Crippen molar-refractivity contribution in [3.63, 3.8) is 0 Å². The van der Waals surface area contributed by atoms with Gasteiger partial charge in [-0.1, -0.05) is 477 Å². The van der Waals surface area contributed by atoms with E-state index in [0.717, 1.165) is 0 Å². The van der Waals surface area contributed by atoms with Gasteiger partial charge in [-0.05, 0) is 179 Å². The van der Waals surface area contributed by atoms with Crippen LogP contribution in [0.4, 0.5) is 0 Å². The molecule has 0 aliphatic rings. The van der Waals surface area contributed by atoms with Gasteiger partial charge in [-0.3, -0.25) is 0 Å². The van der Waals surface area contributed by atoms with Gasteiger partial charge < -0.3 is 18.3 Å². The van der Waals surface area contributed by atoms with Crippen molar-refractivity contribution in [1.29, 1.82) is 0 Å². The van der Waals surface area contributed by atoms with Crippen LogP contribution in [0.3, 0.4) is 0 Å². The van der Waals surface area contributed by atoms with Crippen LogP contribution in [0.15, 0.2) is 467 Å². The van der Waals surface area contributed by atoms with Crippen molar-refractivity contribution >= 4 is 145 Å².